The molecule has 108 valence electrons. The van der Waals surface area contributed by atoms with Crippen molar-refractivity contribution in [2.75, 3.05) is 5.88 Å². The zero-order valence-corrected chi connectivity index (χ0v) is 13.2. The summed E-state index contributed by atoms with van der Waals surface area (Å²) in [7, 11) is 0. The molecule has 0 atom stereocenters. The third kappa shape index (κ3) is 3.89. The quantitative estimate of drug-likeness (QED) is 0.383. The third-order valence-corrected chi connectivity index (χ3v) is 3.48. The molecule has 21 heavy (non-hydrogen) atoms. The zero-order chi connectivity index (χ0) is 15.4. The fourth-order valence-corrected chi connectivity index (χ4v) is 2.15. The number of aliphatic imine (C=N–C) groups is 1. The molecule has 0 saturated carbocycles. The summed E-state index contributed by atoms with van der Waals surface area (Å²) in [5.74, 6) is -0.379. The van der Waals surface area contributed by atoms with Crippen LogP contribution in [0.3, 0.4) is 0 Å². The van der Waals surface area contributed by atoms with Crippen LogP contribution in [-0.2, 0) is 0 Å². The monoisotopic (exact) mass is 368 g/mol. The molecule has 0 fully saturated rings. The van der Waals surface area contributed by atoms with E-state index in [1.54, 1.807) is 18.2 Å². The van der Waals surface area contributed by atoms with Gasteiger partial charge in [-0.25, -0.2) is 9.38 Å². The molecule has 0 aromatic heterocycles. The summed E-state index contributed by atoms with van der Waals surface area (Å²) in [6.07, 6.45) is 0. The molecule has 0 aliphatic carbocycles. The molecule has 0 unspecified atom stereocenters. The van der Waals surface area contributed by atoms with E-state index in [4.69, 9.17) is 17.3 Å². The molecule has 3 nitrogen and oxygen atoms in total. The number of halogens is 3. The van der Waals surface area contributed by atoms with Crippen molar-refractivity contribution in [3.8, 4) is 0 Å². The van der Waals surface area contributed by atoms with Crippen molar-refractivity contribution in [2.45, 2.75) is 0 Å². The standard InChI is InChI=1S/C15H11BrClFN2O/c16-10-3-6-13(20-14(19)8-17)12(7-10)15(21)9-1-4-11(18)5-2-9/h1-7H,8H2,(H2,19,20). The maximum absolute atomic E-state index is 12.9. The number of carbonyl (C=O) groups is 1. The normalized spacial score (nSPS) is 11.5. The lowest BCUT2D eigenvalue weighted by Gasteiger charge is -2.07. The second kappa shape index (κ2) is 6.83. The van der Waals surface area contributed by atoms with Crippen molar-refractivity contribution < 1.29 is 9.18 Å². The van der Waals surface area contributed by atoms with Crippen LogP contribution in [0.25, 0.3) is 0 Å². The number of hydrogen-bond acceptors (Lipinski definition) is 2. The van der Waals surface area contributed by atoms with Gasteiger partial charge in [0.05, 0.1) is 11.6 Å². The van der Waals surface area contributed by atoms with Gasteiger partial charge in [0.1, 0.15) is 11.7 Å². The van der Waals surface area contributed by atoms with Crippen molar-refractivity contribution in [2.24, 2.45) is 10.7 Å². The van der Waals surface area contributed by atoms with Gasteiger partial charge in [-0.05, 0) is 42.5 Å². The third-order valence-electron chi connectivity index (χ3n) is 2.71. The van der Waals surface area contributed by atoms with Gasteiger partial charge in [0.25, 0.3) is 0 Å². The highest BCUT2D eigenvalue weighted by atomic mass is 79.9. The largest absolute Gasteiger partial charge is 0.386 e. The van der Waals surface area contributed by atoms with E-state index in [1.807, 2.05) is 0 Å². The maximum Gasteiger partial charge on any atom is 0.195 e. The highest BCUT2D eigenvalue weighted by Gasteiger charge is 2.14. The van der Waals surface area contributed by atoms with E-state index in [0.29, 0.717) is 16.8 Å². The number of rotatable bonds is 4. The van der Waals surface area contributed by atoms with Crippen molar-refractivity contribution >= 4 is 44.8 Å². The Balaban J connectivity index is 2.49. The first-order valence-corrected chi connectivity index (χ1v) is 7.33. The van der Waals surface area contributed by atoms with Crippen LogP contribution >= 0.6 is 27.5 Å². The molecule has 2 aromatic carbocycles. The molecule has 2 aromatic rings. The lowest BCUT2D eigenvalue weighted by molar-refractivity contribution is 0.103. The van der Waals surface area contributed by atoms with Gasteiger partial charge < -0.3 is 5.73 Å². The van der Waals surface area contributed by atoms with E-state index in [2.05, 4.69) is 20.9 Å². The number of alkyl halides is 1. The van der Waals surface area contributed by atoms with Gasteiger partial charge in [0.2, 0.25) is 0 Å². The van der Waals surface area contributed by atoms with Crippen molar-refractivity contribution in [3.63, 3.8) is 0 Å². The molecule has 0 bridgehead atoms. The zero-order valence-electron chi connectivity index (χ0n) is 10.8. The first-order chi connectivity index (χ1) is 10.0. The van der Waals surface area contributed by atoms with E-state index in [-0.39, 0.29) is 17.5 Å². The average molecular weight is 370 g/mol. The molecule has 6 heteroatoms. The summed E-state index contributed by atoms with van der Waals surface area (Å²) in [6.45, 7) is 0. The summed E-state index contributed by atoms with van der Waals surface area (Å²) in [5, 5.41) is 0. The SMILES string of the molecule is NC(CCl)=Nc1ccc(Br)cc1C(=O)c1ccc(F)cc1. The smallest absolute Gasteiger partial charge is 0.195 e. The first-order valence-electron chi connectivity index (χ1n) is 6.00. The summed E-state index contributed by atoms with van der Waals surface area (Å²) in [5.41, 5.74) is 6.77. The highest BCUT2D eigenvalue weighted by Crippen LogP contribution is 2.26. The van der Waals surface area contributed by atoms with Crippen molar-refractivity contribution in [1.82, 2.24) is 0 Å². The summed E-state index contributed by atoms with van der Waals surface area (Å²) < 4.78 is 13.7. The number of hydrogen-bond donors (Lipinski definition) is 1. The topological polar surface area (TPSA) is 55.4 Å². The molecular weight excluding hydrogens is 359 g/mol. The number of ketones is 1. The van der Waals surface area contributed by atoms with Crippen molar-refractivity contribution in [1.29, 1.82) is 0 Å². The minimum atomic E-state index is -0.398. The van der Waals surface area contributed by atoms with Crippen LogP contribution in [-0.4, -0.2) is 17.5 Å². The van der Waals surface area contributed by atoms with Crippen LogP contribution in [0.15, 0.2) is 51.9 Å². The Kier molecular flexibility index (Phi) is 5.09. The second-order valence-electron chi connectivity index (χ2n) is 4.23. The van der Waals surface area contributed by atoms with E-state index < -0.39 is 5.82 Å². The first kappa shape index (κ1) is 15.7. The van der Waals surface area contributed by atoms with E-state index in [0.717, 1.165) is 4.47 Å². The number of nitrogens with zero attached hydrogens (tertiary/aromatic N) is 1. The van der Waals surface area contributed by atoms with Crippen LogP contribution in [0.5, 0.6) is 0 Å². The Bertz CT molecular complexity index is 701. The van der Waals surface area contributed by atoms with Gasteiger partial charge in [0.15, 0.2) is 5.78 Å². The van der Waals surface area contributed by atoms with Crippen molar-refractivity contribution in [3.05, 3.63) is 63.9 Å². The summed E-state index contributed by atoms with van der Waals surface area (Å²) in [6, 6.07) is 10.4. The van der Waals surface area contributed by atoms with Crippen LogP contribution in [0.2, 0.25) is 0 Å². The predicted octanol–water partition coefficient (Wildman–Crippen LogP) is 4.05. The fraction of sp³-hybridized carbons (Fsp3) is 0.0667. The highest BCUT2D eigenvalue weighted by molar-refractivity contribution is 9.10. The molecule has 0 radical (unpaired) electrons. The Hall–Kier alpha value is -1.72. The number of benzene rings is 2. The number of carbonyl (C=O) groups excluding carboxylic acids is 1. The van der Waals surface area contributed by atoms with Crippen LogP contribution < -0.4 is 5.73 Å². The second-order valence-corrected chi connectivity index (χ2v) is 5.42. The van der Waals surface area contributed by atoms with E-state index >= 15 is 0 Å². The average Bonchev–Trinajstić information content (AvgIpc) is 2.49. The number of amidine groups is 1. The number of nitrogens with two attached hydrogens (primary N) is 1. The van der Waals surface area contributed by atoms with Gasteiger partial charge in [-0.15, -0.1) is 11.6 Å². The van der Waals surface area contributed by atoms with Crippen LogP contribution in [0.4, 0.5) is 10.1 Å². The minimum absolute atomic E-state index is 0.0697. The molecule has 0 saturated heterocycles. The summed E-state index contributed by atoms with van der Waals surface area (Å²) >= 11 is 8.92. The van der Waals surface area contributed by atoms with Gasteiger partial charge >= 0.3 is 0 Å². The molecule has 0 aliphatic heterocycles. The van der Waals surface area contributed by atoms with Gasteiger partial charge in [-0.1, -0.05) is 15.9 Å². The maximum atomic E-state index is 12.9. The fourth-order valence-electron chi connectivity index (χ4n) is 1.73. The Labute approximate surface area is 134 Å². The Morgan fingerprint density at radius 1 is 1.24 bits per heavy atom. The van der Waals surface area contributed by atoms with Gasteiger partial charge in [-0.3, -0.25) is 4.79 Å². The molecule has 0 spiro atoms. The molecule has 0 aliphatic rings. The van der Waals surface area contributed by atoms with Crippen LogP contribution in [0.1, 0.15) is 15.9 Å². The van der Waals surface area contributed by atoms with E-state index in [9.17, 15) is 9.18 Å². The van der Waals surface area contributed by atoms with E-state index in [1.165, 1.54) is 24.3 Å². The summed E-state index contributed by atoms with van der Waals surface area (Å²) in [4.78, 5) is 16.6. The predicted molar refractivity (Wildman–Crippen MR) is 86.0 cm³/mol. The minimum Gasteiger partial charge on any atom is -0.386 e. The Morgan fingerprint density at radius 3 is 2.52 bits per heavy atom. The molecule has 2 N–H and O–H groups in total. The van der Waals surface area contributed by atoms with Gasteiger partial charge in [-0.2, -0.15) is 0 Å². The molecule has 0 heterocycles. The Morgan fingerprint density at radius 2 is 1.90 bits per heavy atom. The molecule has 0 amide bonds. The van der Waals surface area contributed by atoms with Crippen LogP contribution in [0, 0.1) is 5.82 Å². The lowest BCUT2D eigenvalue weighted by Crippen LogP contribution is -2.13. The molecular formula is C15H11BrClFN2O. The lowest BCUT2D eigenvalue weighted by atomic mass is 10.0. The van der Waals surface area contributed by atoms with Gasteiger partial charge in [0, 0.05) is 15.6 Å². The molecule has 2 rings (SSSR count).